The molecule has 0 spiro atoms. The first-order chi connectivity index (χ1) is 18.3. The quantitative estimate of drug-likeness (QED) is 0.437. The molecule has 0 bridgehead atoms. The highest BCUT2D eigenvalue weighted by molar-refractivity contribution is 7.89. The van der Waals surface area contributed by atoms with Crippen molar-refractivity contribution in [1.82, 2.24) is 29.9 Å². The second-order valence-electron chi connectivity index (χ2n) is 10.3. The number of benzene rings is 2. The second-order valence-corrected chi connectivity index (χ2v) is 12.2. The van der Waals surface area contributed by atoms with E-state index in [1.165, 1.54) is 41.2 Å². The van der Waals surface area contributed by atoms with E-state index in [1.54, 1.807) is 18.2 Å². The molecule has 0 fully saturated rings. The molecule has 9 nitrogen and oxygen atoms in total. The Balaban J connectivity index is 1.34. The molecule has 0 saturated carbocycles. The Hall–Kier alpha value is -3.50. The van der Waals surface area contributed by atoms with Crippen LogP contribution in [-0.4, -0.2) is 46.2 Å². The Morgan fingerprint density at radius 2 is 1.97 bits per heavy atom. The van der Waals surface area contributed by atoms with E-state index in [0.29, 0.717) is 11.6 Å². The predicted molar refractivity (Wildman–Crippen MR) is 144 cm³/mol. The van der Waals surface area contributed by atoms with Gasteiger partial charge in [-0.3, -0.25) is 9.10 Å². The van der Waals surface area contributed by atoms with Gasteiger partial charge in [-0.1, -0.05) is 55.5 Å². The van der Waals surface area contributed by atoms with E-state index < -0.39 is 22.0 Å². The van der Waals surface area contributed by atoms with Gasteiger partial charge in [-0.15, -0.1) is 5.10 Å². The smallest absolute Gasteiger partial charge is 0.264 e. The van der Waals surface area contributed by atoms with E-state index >= 15 is 0 Å². The fraction of sp³-hybridized carbons (Fsp3) is 0.393. The van der Waals surface area contributed by atoms with E-state index in [-0.39, 0.29) is 17.4 Å². The average molecular weight is 535 g/mol. The van der Waals surface area contributed by atoms with Crippen molar-refractivity contribution in [3.05, 3.63) is 89.5 Å². The van der Waals surface area contributed by atoms with Crippen molar-refractivity contribution in [2.75, 3.05) is 6.54 Å². The topological polar surface area (TPSA) is 109 Å². The van der Waals surface area contributed by atoms with E-state index in [0.717, 1.165) is 36.7 Å². The summed E-state index contributed by atoms with van der Waals surface area (Å²) in [7, 11) is -3.91. The van der Waals surface area contributed by atoms with E-state index in [9.17, 15) is 13.2 Å². The zero-order chi connectivity index (χ0) is 26.7. The number of amides is 1. The second kappa shape index (κ2) is 11.1. The van der Waals surface area contributed by atoms with Gasteiger partial charge in [0.05, 0.1) is 16.6 Å². The molecule has 1 aromatic heterocycles. The standard InChI is InChI=1S/C28H34N6O3S/c1-20(2)17-29-18-21-11-12-25-22(15-21)7-6-10-26(25)33-19-23(31-32-33)16-27-28(35)30-13-14-34(27)38(36,37)24-8-4-3-5-9-24/h3-5,8-9,11-15,19-20,26-27,29H,6-7,10,16-18H2,1-2H3,(H,30,35)/t26-,27?/m1/s1. The Morgan fingerprint density at radius 3 is 2.76 bits per heavy atom. The summed E-state index contributed by atoms with van der Waals surface area (Å²) in [6.07, 6.45) is 7.73. The summed E-state index contributed by atoms with van der Waals surface area (Å²) in [6, 6.07) is 13.9. The molecule has 200 valence electrons. The summed E-state index contributed by atoms with van der Waals surface area (Å²) < 4.78 is 29.6. The van der Waals surface area contributed by atoms with Gasteiger partial charge in [-0.2, -0.15) is 0 Å². The number of hydrogen-bond acceptors (Lipinski definition) is 6. The summed E-state index contributed by atoms with van der Waals surface area (Å²) >= 11 is 0. The normalized spacial score (nSPS) is 19.4. The fourth-order valence-electron chi connectivity index (χ4n) is 5.14. The molecule has 5 rings (SSSR count). The highest BCUT2D eigenvalue weighted by Gasteiger charge is 2.36. The van der Waals surface area contributed by atoms with Crippen LogP contribution < -0.4 is 10.6 Å². The third-order valence-corrected chi connectivity index (χ3v) is 8.83. The van der Waals surface area contributed by atoms with Gasteiger partial charge in [-0.25, -0.2) is 13.1 Å². The highest BCUT2D eigenvalue weighted by Crippen LogP contribution is 2.33. The third kappa shape index (κ3) is 5.51. The molecule has 3 aromatic rings. The lowest BCUT2D eigenvalue weighted by molar-refractivity contribution is -0.124. The lowest BCUT2D eigenvalue weighted by Gasteiger charge is -2.31. The van der Waals surface area contributed by atoms with Crippen LogP contribution in [0.25, 0.3) is 0 Å². The third-order valence-electron chi connectivity index (χ3n) is 7.03. The Morgan fingerprint density at radius 1 is 1.16 bits per heavy atom. The number of fused-ring (bicyclic) bond motifs is 1. The van der Waals surface area contributed by atoms with Gasteiger partial charge in [0.15, 0.2) is 0 Å². The molecule has 1 aliphatic carbocycles. The molecule has 1 aliphatic heterocycles. The largest absolute Gasteiger partial charge is 0.329 e. The van der Waals surface area contributed by atoms with Gasteiger partial charge >= 0.3 is 0 Å². The number of aryl methyl sites for hydroxylation is 1. The first-order valence-electron chi connectivity index (χ1n) is 13.1. The van der Waals surface area contributed by atoms with Crippen LogP contribution in [0.4, 0.5) is 0 Å². The van der Waals surface area contributed by atoms with Crippen molar-refractivity contribution in [3.63, 3.8) is 0 Å². The first kappa shape index (κ1) is 26.1. The van der Waals surface area contributed by atoms with Crippen molar-refractivity contribution in [3.8, 4) is 0 Å². The van der Waals surface area contributed by atoms with Gasteiger partial charge < -0.3 is 10.6 Å². The number of aromatic nitrogens is 3. The molecule has 10 heteroatoms. The SMILES string of the molecule is CC(C)CNCc1ccc2c(c1)CCC[C@H]2n1cc(CC2C(=O)NC=CN2S(=O)(=O)c2ccccc2)nn1. The molecule has 1 amide bonds. The van der Waals surface area contributed by atoms with Crippen LogP contribution in [0.1, 0.15) is 55.1 Å². The van der Waals surface area contributed by atoms with Crippen LogP contribution in [-0.2, 0) is 34.2 Å². The monoisotopic (exact) mass is 534 g/mol. The zero-order valence-corrected chi connectivity index (χ0v) is 22.6. The van der Waals surface area contributed by atoms with Crippen molar-refractivity contribution < 1.29 is 13.2 Å². The van der Waals surface area contributed by atoms with Crippen LogP contribution in [0, 0.1) is 5.92 Å². The van der Waals surface area contributed by atoms with Crippen LogP contribution >= 0.6 is 0 Å². The summed E-state index contributed by atoms with van der Waals surface area (Å²) in [5.74, 6) is 0.211. The number of nitrogens with one attached hydrogen (secondary N) is 2. The number of carbonyl (C=O) groups excluding carboxylic acids is 1. The summed E-state index contributed by atoms with van der Waals surface area (Å²) in [5, 5.41) is 14.9. The molecular weight excluding hydrogens is 500 g/mol. The molecule has 2 aliphatic rings. The van der Waals surface area contributed by atoms with Crippen LogP contribution in [0.15, 0.2) is 72.0 Å². The Bertz CT molecular complexity index is 1420. The molecule has 38 heavy (non-hydrogen) atoms. The summed E-state index contributed by atoms with van der Waals surface area (Å²) in [5.41, 5.74) is 4.42. The maximum Gasteiger partial charge on any atom is 0.264 e. The lowest BCUT2D eigenvalue weighted by Crippen LogP contribution is -2.50. The van der Waals surface area contributed by atoms with E-state index in [1.807, 2.05) is 10.9 Å². The number of rotatable bonds is 9. The molecule has 2 atom stereocenters. The van der Waals surface area contributed by atoms with E-state index in [4.69, 9.17) is 0 Å². The van der Waals surface area contributed by atoms with Crippen molar-refractivity contribution in [2.45, 2.75) is 63.1 Å². The maximum absolute atomic E-state index is 13.3. The number of carbonyl (C=O) groups is 1. The summed E-state index contributed by atoms with van der Waals surface area (Å²) in [4.78, 5) is 12.9. The number of sulfonamides is 1. The Kier molecular flexibility index (Phi) is 7.62. The summed E-state index contributed by atoms with van der Waals surface area (Å²) in [6.45, 7) is 6.24. The minimum atomic E-state index is -3.91. The minimum absolute atomic E-state index is 0.0573. The van der Waals surface area contributed by atoms with Crippen LogP contribution in [0.2, 0.25) is 0 Å². The van der Waals surface area contributed by atoms with Crippen LogP contribution in [0.3, 0.4) is 0 Å². The predicted octanol–water partition coefficient (Wildman–Crippen LogP) is 3.15. The minimum Gasteiger partial charge on any atom is -0.329 e. The maximum atomic E-state index is 13.3. The number of hydrogen-bond donors (Lipinski definition) is 2. The van der Waals surface area contributed by atoms with Gasteiger partial charge in [-0.05, 0) is 60.5 Å². The average Bonchev–Trinajstić information content (AvgIpc) is 3.38. The molecular formula is C28H34N6O3S. The molecule has 2 heterocycles. The van der Waals surface area contributed by atoms with Crippen LogP contribution in [0.5, 0.6) is 0 Å². The van der Waals surface area contributed by atoms with Gasteiger partial charge in [0.1, 0.15) is 6.04 Å². The van der Waals surface area contributed by atoms with Crippen molar-refractivity contribution in [2.24, 2.45) is 5.92 Å². The first-order valence-corrected chi connectivity index (χ1v) is 14.6. The Labute approximate surface area is 224 Å². The van der Waals surface area contributed by atoms with Gasteiger partial charge in [0, 0.05) is 31.6 Å². The fourth-order valence-corrected chi connectivity index (χ4v) is 6.61. The molecule has 2 aromatic carbocycles. The van der Waals surface area contributed by atoms with Gasteiger partial charge in [0.25, 0.3) is 10.0 Å². The zero-order valence-electron chi connectivity index (χ0n) is 21.7. The van der Waals surface area contributed by atoms with Gasteiger partial charge in [0.2, 0.25) is 5.91 Å². The van der Waals surface area contributed by atoms with Crippen molar-refractivity contribution >= 4 is 15.9 Å². The van der Waals surface area contributed by atoms with E-state index in [2.05, 4.69) is 53.0 Å². The lowest BCUT2D eigenvalue weighted by atomic mass is 9.86. The molecule has 0 radical (unpaired) electrons. The molecule has 1 unspecified atom stereocenters. The molecule has 2 N–H and O–H groups in total. The van der Waals surface area contributed by atoms with Crippen molar-refractivity contribution in [1.29, 1.82) is 0 Å². The highest BCUT2D eigenvalue weighted by atomic mass is 32.2. The number of nitrogens with zero attached hydrogens (tertiary/aromatic N) is 4. The molecule has 0 saturated heterocycles.